The van der Waals surface area contributed by atoms with E-state index in [4.69, 9.17) is 0 Å². The van der Waals surface area contributed by atoms with Gasteiger partial charge in [-0.3, -0.25) is 9.52 Å². The number of nitrogens with zero attached hydrogens (tertiary/aromatic N) is 2. The molecule has 0 aliphatic rings. The van der Waals surface area contributed by atoms with Crippen molar-refractivity contribution in [3.8, 4) is 0 Å². The van der Waals surface area contributed by atoms with Gasteiger partial charge in [0.2, 0.25) is 5.91 Å². The summed E-state index contributed by atoms with van der Waals surface area (Å²) in [6.45, 7) is 5.27. The molecule has 8 nitrogen and oxygen atoms in total. The first-order valence-electron chi connectivity index (χ1n) is 10.2. The van der Waals surface area contributed by atoms with Gasteiger partial charge in [-0.15, -0.1) is 0 Å². The van der Waals surface area contributed by atoms with Crippen LogP contribution in [0.2, 0.25) is 0 Å². The van der Waals surface area contributed by atoms with Crippen LogP contribution in [-0.4, -0.2) is 24.3 Å². The summed E-state index contributed by atoms with van der Waals surface area (Å²) < 4.78 is 28.6. The molecule has 0 atom stereocenters. The van der Waals surface area contributed by atoms with Gasteiger partial charge in [-0.1, -0.05) is 23.8 Å². The molecule has 0 fully saturated rings. The fourth-order valence-electron chi connectivity index (χ4n) is 3.20. The number of nitrogens with one attached hydrogen (secondary N) is 3. The Kier molecular flexibility index (Phi) is 5.97. The van der Waals surface area contributed by atoms with Crippen LogP contribution < -0.4 is 15.4 Å². The highest BCUT2D eigenvalue weighted by Gasteiger charge is 2.19. The van der Waals surface area contributed by atoms with E-state index in [0.717, 1.165) is 11.1 Å². The van der Waals surface area contributed by atoms with Crippen LogP contribution in [0.5, 0.6) is 0 Å². The topological polar surface area (TPSA) is 113 Å². The van der Waals surface area contributed by atoms with E-state index in [1.165, 1.54) is 6.92 Å². The fourth-order valence-corrected chi connectivity index (χ4v) is 4.21. The van der Waals surface area contributed by atoms with E-state index in [2.05, 4.69) is 25.3 Å². The van der Waals surface area contributed by atoms with Crippen LogP contribution in [0.3, 0.4) is 0 Å². The zero-order valence-electron chi connectivity index (χ0n) is 18.4. The van der Waals surface area contributed by atoms with Crippen molar-refractivity contribution in [1.82, 2.24) is 9.97 Å². The molecule has 1 amide bonds. The summed E-state index contributed by atoms with van der Waals surface area (Å²) in [5.41, 5.74) is 4.46. The van der Waals surface area contributed by atoms with E-state index in [9.17, 15) is 13.2 Å². The minimum Gasteiger partial charge on any atom is -0.337 e. The van der Waals surface area contributed by atoms with Crippen molar-refractivity contribution < 1.29 is 13.2 Å². The van der Waals surface area contributed by atoms with Crippen LogP contribution in [0.1, 0.15) is 18.1 Å². The Morgan fingerprint density at radius 2 is 1.36 bits per heavy atom. The zero-order chi connectivity index (χ0) is 23.6. The smallest absolute Gasteiger partial charge is 0.263 e. The molecule has 1 aromatic heterocycles. The number of fused-ring (bicyclic) bond motifs is 1. The molecule has 9 heteroatoms. The van der Waals surface area contributed by atoms with Crippen molar-refractivity contribution in [2.45, 2.75) is 25.7 Å². The number of hydrogen-bond acceptors (Lipinski definition) is 6. The third-order valence-corrected chi connectivity index (χ3v) is 6.20. The second kappa shape index (κ2) is 8.87. The third kappa shape index (κ3) is 5.27. The van der Waals surface area contributed by atoms with Crippen LogP contribution in [0.25, 0.3) is 11.0 Å². The van der Waals surface area contributed by atoms with E-state index < -0.39 is 10.0 Å². The minimum atomic E-state index is -3.88. The molecule has 1 heterocycles. The Balaban J connectivity index is 1.73. The van der Waals surface area contributed by atoms with Gasteiger partial charge in [0.25, 0.3) is 10.0 Å². The third-order valence-electron chi connectivity index (χ3n) is 4.85. The largest absolute Gasteiger partial charge is 0.337 e. The number of benzene rings is 3. The molecule has 0 saturated heterocycles. The SMILES string of the molecule is CC(=O)Nc1ccc(Nc2nc3cc(C)ccc3nc2NS(=O)(=O)c2ccc(C)cc2)cc1. The average Bonchev–Trinajstić information content (AvgIpc) is 2.75. The summed E-state index contributed by atoms with van der Waals surface area (Å²) in [6, 6.07) is 19.1. The molecule has 33 heavy (non-hydrogen) atoms. The molecule has 0 radical (unpaired) electrons. The molecule has 0 saturated carbocycles. The average molecular weight is 462 g/mol. The Labute approximate surface area is 192 Å². The van der Waals surface area contributed by atoms with Crippen molar-refractivity contribution in [3.05, 3.63) is 77.9 Å². The second-order valence-corrected chi connectivity index (χ2v) is 9.40. The lowest BCUT2D eigenvalue weighted by Gasteiger charge is -2.14. The highest BCUT2D eigenvalue weighted by molar-refractivity contribution is 7.92. The molecule has 0 spiro atoms. The summed E-state index contributed by atoms with van der Waals surface area (Å²) >= 11 is 0. The lowest BCUT2D eigenvalue weighted by atomic mass is 10.2. The number of carbonyl (C=O) groups is 1. The highest BCUT2D eigenvalue weighted by Crippen LogP contribution is 2.28. The van der Waals surface area contributed by atoms with Gasteiger partial charge >= 0.3 is 0 Å². The molecule has 0 unspecified atom stereocenters. The molecule has 0 bridgehead atoms. The Morgan fingerprint density at radius 3 is 2.03 bits per heavy atom. The number of amides is 1. The van der Waals surface area contributed by atoms with Crippen LogP contribution in [-0.2, 0) is 14.8 Å². The zero-order valence-corrected chi connectivity index (χ0v) is 19.2. The lowest BCUT2D eigenvalue weighted by molar-refractivity contribution is -0.114. The standard InChI is InChI=1S/C24H23N5O3S/c1-15-4-11-20(12-5-15)33(31,32)29-24-23(28-22-14-16(2)6-13-21(22)27-24)26-19-9-7-18(8-10-19)25-17(3)30/h4-14H,1-3H3,(H,25,30)(H,26,28)(H,27,29). The first kappa shape index (κ1) is 22.2. The predicted molar refractivity (Wildman–Crippen MR) is 130 cm³/mol. The van der Waals surface area contributed by atoms with Crippen LogP contribution in [0.4, 0.5) is 23.0 Å². The molecule has 0 aliphatic heterocycles. The molecule has 4 aromatic rings. The van der Waals surface area contributed by atoms with Crippen LogP contribution >= 0.6 is 0 Å². The van der Waals surface area contributed by atoms with Gasteiger partial charge in [0, 0.05) is 18.3 Å². The molecular formula is C24H23N5O3S. The van der Waals surface area contributed by atoms with Crippen molar-refractivity contribution in [2.75, 3.05) is 15.4 Å². The van der Waals surface area contributed by atoms with E-state index in [0.29, 0.717) is 22.4 Å². The predicted octanol–water partition coefficient (Wildman–Crippen LogP) is 4.75. The summed E-state index contributed by atoms with van der Waals surface area (Å²) in [5.74, 6) is 0.174. The highest BCUT2D eigenvalue weighted by atomic mass is 32.2. The number of carbonyl (C=O) groups excluding carboxylic acids is 1. The number of aryl methyl sites for hydroxylation is 2. The van der Waals surface area contributed by atoms with E-state index >= 15 is 0 Å². The number of sulfonamides is 1. The monoisotopic (exact) mass is 461 g/mol. The summed E-state index contributed by atoms with van der Waals surface area (Å²) in [7, 11) is -3.88. The molecule has 3 N–H and O–H groups in total. The first-order valence-corrected chi connectivity index (χ1v) is 11.7. The molecule has 168 valence electrons. The molecule has 3 aromatic carbocycles. The van der Waals surface area contributed by atoms with Gasteiger partial charge in [0.15, 0.2) is 11.6 Å². The molecule has 4 rings (SSSR count). The van der Waals surface area contributed by atoms with Crippen molar-refractivity contribution in [3.63, 3.8) is 0 Å². The van der Waals surface area contributed by atoms with E-state index in [1.807, 2.05) is 26.0 Å². The quantitative estimate of drug-likeness (QED) is 0.382. The number of anilines is 4. The Hall–Kier alpha value is -3.98. The summed E-state index contributed by atoms with van der Waals surface area (Å²) in [5, 5.41) is 5.84. The van der Waals surface area contributed by atoms with Gasteiger partial charge in [-0.05, 0) is 67.9 Å². The van der Waals surface area contributed by atoms with E-state index in [1.54, 1.807) is 54.6 Å². The Bertz CT molecular complexity index is 1430. The minimum absolute atomic E-state index is 0.0814. The summed E-state index contributed by atoms with van der Waals surface area (Å²) in [4.78, 5) is 20.5. The van der Waals surface area contributed by atoms with Gasteiger partial charge in [0.1, 0.15) is 0 Å². The normalized spacial score (nSPS) is 11.2. The number of hydrogen-bond donors (Lipinski definition) is 3. The maximum atomic E-state index is 13.0. The van der Waals surface area contributed by atoms with Crippen LogP contribution in [0.15, 0.2) is 71.6 Å². The van der Waals surface area contributed by atoms with E-state index in [-0.39, 0.29) is 22.4 Å². The maximum absolute atomic E-state index is 13.0. The molecular weight excluding hydrogens is 438 g/mol. The van der Waals surface area contributed by atoms with Gasteiger partial charge < -0.3 is 10.6 Å². The summed E-state index contributed by atoms with van der Waals surface area (Å²) in [6.07, 6.45) is 0. The number of rotatable bonds is 6. The van der Waals surface area contributed by atoms with Crippen LogP contribution in [0, 0.1) is 13.8 Å². The Morgan fingerprint density at radius 1 is 0.758 bits per heavy atom. The lowest BCUT2D eigenvalue weighted by Crippen LogP contribution is -2.16. The van der Waals surface area contributed by atoms with Crippen molar-refractivity contribution in [2.24, 2.45) is 0 Å². The van der Waals surface area contributed by atoms with Gasteiger partial charge in [-0.25, -0.2) is 18.4 Å². The van der Waals surface area contributed by atoms with Crippen molar-refractivity contribution in [1.29, 1.82) is 0 Å². The van der Waals surface area contributed by atoms with Gasteiger partial charge in [-0.2, -0.15) is 0 Å². The second-order valence-electron chi connectivity index (χ2n) is 7.72. The fraction of sp³-hybridized carbons (Fsp3) is 0.125. The van der Waals surface area contributed by atoms with Gasteiger partial charge in [0.05, 0.1) is 15.9 Å². The van der Waals surface area contributed by atoms with Crippen molar-refractivity contribution >= 4 is 50.0 Å². The first-order chi connectivity index (χ1) is 15.7. The molecule has 0 aliphatic carbocycles. The maximum Gasteiger partial charge on any atom is 0.263 e. The number of aromatic nitrogens is 2.